The van der Waals surface area contributed by atoms with Gasteiger partial charge in [0.1, 0.15) is 0 Å². The molecule has 1 aromatic rings. The second-order valence-electron chi connectivity index (χ2n) is 4.39. The maximum Gasteiger partial charge on any atom is 0.0690 e. The van der Waals surface area contributed by atoms with Crippen molar-refractivity contribution in [3.63, 3.8) is 0 Å². The molecule has 2 rings (SSSR count). The van der Waals surface area contributed by atoms with Crippen LogP contribution in [0.5, 0.6) is 0 Å². The first-order valence-corrected chi connectivity index (χ1v) is 5.57. The van der Waals surface area contributed by atoms with E-state index in [2.05, 4.69) is 18.3 Å². The van der Waals surface area contributed by atoms with E-state index in [1.54, 1.807) is 7.11 Å². The van der Waals surface area contributed by atoms with Crippen molar-refractivity contribution in [3.05, 3.63) is 28.8 Å². The third-order valence-electron chi connectivity index (χ3n) is 2.94. The van der Waals surface area contributed by atoms with E-state index in [1.165, 1.54) is 5.56 Å². The van der Waals surface area contributed by atoms with Gasteiger partial charge < -0.3 is 10.1 Å². The molecule has 0 saturated carbocycles. The van der Waals surface area contributed by atoms with Gasteiger partial charge in [-0.25, -0.2) is 0 Å². The van der Waals surface area contributed by atoms with E-state index in [0.29, 0.717) is 6.61 Å². The van der Waals surface area contributed by atoms with Crippen LogP contribution in [-0.4, -0.2) is 19.3 Å². The standard InChI is InChI=1S/C12H16ClNO/c1-12(8-15-2)7-6-9-4-3-5-10(13)11(9)14-12/h3-5,14H,6-8H2,1-2H3. The first-order valence-electron chi connectivity index (χ1n) is 5.19. The van der Waals surface area contributed by atoms with Gasteiger partial charge in [0, 0.05) is 7.11 Å². The lowest BCUT2D eigenvalue weighted by molar-refractivity contribution is 0.144. The first kappa shape index (κ1) is 10.8. The first-order chi connectivity index (χ1) is 7.14. The van der Waals surface area contributed by atoms with Crippen LogP contribution in [0.3, 0.4) is 0 Å². The molecular formula is C12H16ClNO. The number of hydrogen-bond acceptors (Lipinski definition) is 2. The lowest BCUT2D eigenvalue weighted by atomic mass is 9.88. The number of anilines is 1. The molecule has 15 heavy (non-hydrogen) atoms. The van der Waals surface area contributed by atoms with Crippen LogP contribution in [0.1, 0.15) is 18.9 Å². The fraction of sp³-hybridized carbons (Fsp3) is 0.500. The SMILES string of the molecule is COCC1(C)CCc2cccc(Cl)c2N1. The molecule has 1 N–H and O–H groups in total. The van der Waals surface area contributed by atoms with E-state index >= 15 is 0 Å². The van der Waals surface area contributed by atoms with Crippen LogP contribution >= 0.6 is 11.6 Å². The second kappa shape index (κ2) is 4.03. The number of nitrogens with one attached hydrogen (secondary N) is 1. The zero-order valence-corrected chi connectivity index (χ0v) is 9.90. The highest BCUT2D eigenvalue weighted by molar-refractivity contribution is 6.33. The average Bonchev–Trinajstić information content (AvgIpc) is 2.20. The third kappa shape index (κ3) is 2.11. The minimum absolute atomic E-state index is 0.00669. The summed E-state index contributed by atoms with van der Waals surface area (Å²) in [6, 6.07) is 6.05. The predicted octanol–water partition coefficient (Wildman–Crippen LogP) is 3.10. The molecule has 0 fully saturated rings. The molecule has 1 unspecified atom stereocenters. The number of hydrogen-bond donors (Lipinski definition) is 1. The molecule has 0 radical (unpaired) electrons. The normalized spacial score (nSPS) is 24.5. The van der Waals surface area contributed by atoms with Crippen molar-refractivity contribution in [1.29, 1.82) is 0 Å². The molecule has 0 saturated heterocycles. The Hall–Kier alpha value is -0.730. The van der Waals surface area contributed by atoms with Crippen molar-refractivity contribution in [2.75, 3.05) is 19.0 Å². The van der Waals surface area contributed by atoms with Gasteiger partial charge in [-0.2, -0.15) is 0 Å². The Kier molecular flexibility index (Phi) is 2.89. The van der Waals surface area contributed by atoms with Gasteiger partial charge in [0.15, 0.2) is 0 Å². The summed E-state index contributed by atoms with van der Waals surface area (Å²) < 4.78 is 5.23. The lowest BCUT2D eigenvalue weighted by Crippen LogP contribution is -2.42. The number of fused-ring (bicyclic) bond motifs is 1. The fourth-order valence-electron chi connectivity index (χ4n) is 2.12. The lowest BCUT2D eigenvalue weighted by Gasteiger charge is -2.36. The maximum absolute atomic E-state index is 6.17. The Morgan fingerprint density at radius 2 is 2.33 bits per heavy atom. The van der Waals surface area contributed by atoms with Gasteiger partial charge in [0.2, 0.25) is 0 Å². The topological polar surface area (TPSA) is 21.3 Å². The highest BCUT2D eigenvalue weighted by atomic mass is 35.5. The van der Waals surface area contributed by atoms with Crippen molar-refractivity contribution >= 4 is 17.3 Å². The molecule has 1 heterocycles. The zero-order chi connectivity index (χ0) is 10.9. The number of halogens is 1. The molecule has 2 nitrogen and oxygen atoms in total. The average molecular weight is 226 g/mol. The summed E-state index contributed by atoms with van der Waals surface area (Å²) in [6.45, 7) is 2.88. The van der Waals surface area contributed by atoms with E-state index < -0.39 is 0 Å². The summed E-state index contributed by atoms with van der Waals surface area (Å²) in [5.41, 5.74) is 2.38. The number of para-hydroxylation sites is 1. The molecule has 0 aliphatic carbocycles. The molecule has 0 amide bonds. The molecule has 0 bridgehead atoms. The van der Waals surface area contributed by atoms with Crippen molar-refractivity contribution in [1.82, 2.24) is 0 Å². The van der Waals surface area contributed by atoms with Crippen molar-refractivity contribution < 1.29 is 4.74 Å². The Morgan fingerprint density at radius 1 is 1.53 bits per heavy atom. The number of methoxy groups -OCH3 is 1. The van der Waals surface area contributed by atoms with E-state index in [0.717, 1.165) is 23.6 Å². The van der Waals surface area contributed by atoms with Gasteiger partial charge in [0.05, 0.1) is 22.9 Å². The summed E-state index contributed by atoms with van der Waals surface area (Å²) in [4.78, 5) is 0. The number of benzene rings is 1. The van der Waals surface area contributed by atoms with E-state index in [9.17, 15) is 0 Å². The number of ether oxygens (including phenoxy) is 1. The smallest absolute Gasteiger partial charge is 0.0690 e. The minimum atomic E-state index is 0.00669. The second-order valence-corrected chi connectivity index (χ2v) is 4.80. The summed E-state index contributed by atoms with van der Waals surface area (Å²) in [5, 5.41) is 4.29. The highest BCUT2D eigenvalue weighted by Crippen LogP contribution is 2.35. The van der Waals surface area contributed by atoms with Gasteiger partial charge in [0.25, 0.3) is 0 Å². The van der Waals surface area contributed by atoms with Crippen molar-refractivity contribution in [3.8, 4) is 0 Å². The zero-order valence-electron chi connectivity index (χ0n) is 9.14. The molecule has 1 aromatic carbocycles. The fourth-order valence-corrected chi connectivity index (χ4v) is 2.36. The monoisotopic (exact) mass is 225 g/mol. The van der Waals surface area contributed by atoms with Crippen LogP contribution in [0.4, 0.5) is 5.69 Å². The number of aryl methyl sites for hydroxylation is 1. The molecular weight excluding hydrogens is 210 g/mol. The molecule has 0 aromatic heterocycles. The molecule has 82 valence electrons. The van der Waals surface area contributed by atoms with Crippen LogP contribution in [0, 0.1) is 0 Å². The van der Waals surface area contributed by atoms with E-state index in [-0.39, 0.29) is 5.54 Å². The Morgan fingerprint density at radius 3 is 3.07 bits per heavy atom. The van der Waals surface area contributed by atoms with Gasteiger partial charge in [-0.3, -0.25) is 0 Å². The Balaban J connectivity index is 2.29. The third-order valence-corrected chi connectivity index (χ3v) is 3.25. The van der Waals surface area contributed by atoms with Crippen molar-refractivity contribution in [2.45, 2.75) is 25.3 Å². The molecule has 1 aliphatic heterocycles. The van der Waals surface area contributed by atoms with Crippen LogP contribution < -0.4 is 5.32 Å². The van der Waals surface area contributed by atoms with Crippen LogP contribution in [-0.2, 0) is 11.2 Å². The molecule has 1 atom stereocenters. The van der Waals surface area contributed by atoms with Crippen LogP contribution in [0.2, 0.25) is 5.02 Å². The quantitative estimate of drug-likeness (QED) is 0.835. The van der Waals surface area contributed by atoms with Gasteiger partial charge in [-0.05, 0) is 31.4 Å². The largest absolute Gasteiger partial charge is 0.382 e. The minimum Gasteiger partial charge on any atom is -0.382 e. The van der Waals surface area contributed by atoms with E-state index in [4.69, 9.17) is 16.3 Å². The Labute approximate surface area is 95.6 Å². The van der Waals surface area contributed by atoms with Gasteiger partial charge in [-0.15, -0.1) is 0 Å². The number of rotatable bonds is 2. The maximum atomic E-state index is 6.17. The van der Waals surface area contributed by atoms with Crippen molar-refractivity contribution in [2.24, 2.45) is 0 Å². The molecule has 0 spiro atoms. The summed E-state index contributed by atoms with van der Waals surface area (Å²) in [5.74, 6) is 0. The van der Waals surface area contributed by atoms with Crippen LogP contribution in [0.15, 0.2) is 18.2 Å². The van der Waals surface area contributed by atoms with Crippen LogP contribution in [0.25, 0.3) is 0 Å². The van der Waals surface area contributed by atoms with E-state index in [1.807, 2.05) is 12.1 Å². The molecule has 3 heteroatoms. The van der Waals surface area contributed by atoms with Gasteiger partial charge in [-0.1, -0.05) is 23.7 Å². The Bertz CT molecular complexity index is 367. The summed E-state index contributed by atoms with van der Waals surface area (Å²) in [7, 11) is 1.73. The molecule has 1 aliphatic rings. The summed E-state index contributed by atoms with van der Waals surface area (Å²) >= 11 is 6.17. The summed E-state index contributed by atoms with van der Waals surface area (Å²) in [6.07, 6.45) is 2.14. The highest BCUT2D eigenvalue weighted by Gasteiger charge is 2.29. The van der Waals surface area contributed by atoms with Gasteiger partial charge >= 0.3 is 0 Å². The predicted molar refractivity (Wildman–Crippen MR) is 63.7 cm³/mol.